The summed E-state index contributed by atoms with van der Waals surface area (Å²) >= 11 is 11.5. The molecule has 2 fully saturated rings. The van der Waals surface area contributed by atoms with Gasteiger partial charge in [0, 0.05) is 34.7 Å². The number of rotatable bonds is 6. The number of hydrogen-bond acceptors (Lipinski definition) is 5. The average Bonchev–Trinajstić information content (AvgIpc) is 3.73. The topological polar surface area (TPSA) is 94.1 Å². The molecule has 3 aliphatic rings. The van der Waals surface area contributed by atoms with Crippen molar-refractivity contribution in [3.8, 4) is 0 Å². The zero-order valence-electron chi connectivity index (χ0n) is 22.1. The van der Waals surface area contributed by atoms with Crippen molar-refractivity contribution in [1.29, 1.82) is 0 Å². The van der Waals surface area contributed by atoms with Crippen LogP contribution in [0.1, 0.15) is 39.0 Å². The summed E-state index contributed by atoms with van der Waals surface area (Å²) in [5.74, 6) is 0.00918. The van der Waals surface area contributed by atoms with E-state index in [-0.39, 0.29) is 42.8 Å². The van der Waals surface area contributed by atoms with Gasteiger partial charge in [-0.2, -0.15) is 5.10 Å². The fourth-order valence-corrected chi connectivity index (χ4v) is 4.17. The predicted octanol–water partition coefficient (Wildman–Crippen LogP) is 5.35. The van der Waals surface area contributed by atoms with E-state index in [1.165, 1.54) is 5.01 Å². The normalized spacial score (nSPS) is 17.8. The smallest absolute Gasteiger partial charge is 0.262 e. The zero-order chi connectivity index (χ0) is 28.2. The van der Waals surface area contributed by atoms with Crippen molar-refractivity contribution < 1.29 is 14.4 Å². The van der Waals surface area contributed by atoms with E-state index >= 15 is 0 Å². The molecule has 1 saturated heterocycles. The van der Waals surface area contributed by atoms with Gasteiger partial charge in [-0.1, -0.05) is 60.5 Å². The summed E-state index contributed by atoms with van der Waals surface area (Å²) in [6.07, 6.45) is 6.18. The molecule has 0 bridgehead atoms. The number of carbonyl (C=O) groups excluding carboxylic acids is 3. The molecule has 2 aliphatic heterocycles. The molecule has 10 heteroatoms. The van der Waals surface area contributed by atoms with Crippen molar-refractivity contribution in [2.45, 2.75) is 45.1 Å². The molecule has 2 N–H and O–H groups in total. The maximum atomic E-state index is 12.6. The number of nitrogens with one attached hydrogen (secondary N) is 2. The lowest BCUT2D eigenvalue weighted by Crippen LogP contribution is -2.54. The van der Waals surface area contributed by atoms with Gasteiger partial charge in [0.25, 0.3) is 5.91 Å². The number of anilines is 1. The standard InChI is InChI=1S/C19H22ClN5O3.C6H5Cl.C4H8/c20-13-2-1-3-15(8-13)22-19(28)12-4-7-16-23-25(18(27)11-24(16)9-12)10-17(26)21-14-5-6-14;7-6-4-2-1-3-5-6;1-3-4-2/h1-3,8,12,14H,4-7,9-11H2,(H,21,26)(H,22,28);1-5H;3H,1,4H2,2H3. The summed E-state index contributed by atoms with van der Waals surface area (Å²) < 4.78 is 0. The van der Waals surface area contributed by atoms with E-state index in [1.807, 2.05) is 41.3 Å². The molecule has 1 unspecified atom stereocenters. The highest BCUT2D eigenvalue weighted by Gasteiger charge is 2.35. The Morgan fingerprint density at radius 2 is 1.77 bits per heavy atom. The van der Waals surface area contributed by atoms with Gasteiger partial charge in [0.2, 0.25) is 11.8 Å². The number of benzene rings is 2. The minimum absolute atomic E-state index is 0.0502. The first-order valence-electron chi connectivity index (χ1n) is 13.1. The maximum Gasteiger partial charge on any atom is 0.262 e. The molecule has 2 aromatic rings. The molecule has 1 aliphatic carbocycles. The van der Waals surface area contributed by atoms with Crippen molar-refractivity contribution >= 4 is 52.4 Å². The van der Waals surface area contributed by atoms with Crippen LogP contribution < -0.4 is 10.6 Å². The minimum atomic E-state index is -0.240. The first-order chi connectivity index (χ1) is 18.8. The fourth-order valence-electron chi connectivity index (χ4n) is 3.83. The zero-order valence-corrected chi connectivity index (χ0v) is 23.6. The highest BCUT2D eigenvalue weighted by atomic mass is 35.5. The van der Waals surface area contributed by atoms with Gasteiger partial charge in [-0.15, -0.1) is 6.58 Å². The van der Waals surface area contributed by atoms with Gasteiger partial charge >= 0.3 is 0 Å². The number of hydrogen-bond donors (Lipinski definition) is 2. The summed E-state index contributed by atoms with van der Waals surface area (Å²) in [5.41, 5.74) is 0.652. The van der Waals surface area contributed by atoms with Crippen LogP contribution in [0.4, 0.5) is 5.69 Å². The molecule has 1 saturated carbocycles. The second-order valence-electron chi connectivity index (χ2n) is 9.42. The third-order valence-electron chi connectivity index (χ3n) is 6.09. The molecule has 0 spiro atoms. The molecule has 1 atom stereocenters. The van der Waals surface area contributed by atoms with E-state index in [1.54, 1.807) is 24.3 Å². The van der Waals surface area contributed by atoms with Crippen LogP contribution in [-0.2, 0) is 14.4 Å². The highest BCUT2D eigenvalue weighted by molar-refractivity contribution is 6.31. The van der Waals surface area contributed by atoms with Crippen LogP contribution in [0.25, 0.3) is 0 Å². The van der Waals surface area contributed by atoms with Crippen molar-refractivity contribution in [3.63, 3.8) is 0 Å². The van der Waals surface area contributed by atoms with Gasteiger partial charge in [0.1, 0.15) is 18.9 Å². The number of nitrogens with zero attached hydrogens (tertiary/aromatic N) is 3. The molecule has 8 nitrogen and oxygen atoms in total. The number of hydrazone groups is 1. The first-order valence-corrected chi connectivity index (χ1v) is 13.8. The average molecular weight is 573 g/mol. The minimum Gasteiger partial charge on any atom is -0.352 e. The molecule has 0 aromatic heterocycles. The third-order valence-corrected chi connectivity index (χ3v) is 6.58. The lowest BCUT2D eigenvalue weighted by atomic mass is 9.95. The van der Waals surface area contributed by atoms with E-state index < -0.39 is 0 Å². The number of amidine groups is 1. The van der Waals surface area contributed by atoms with E-state index in [4.69, 9.17) is 23.2 Å². The van der Waals surface area contributed by atoms with Gasteiger partial charge in [0.15, 0.2) is 0 Å². The van der Waals surface area contributed by atoms with Crippen LogP contribution in [0.15, 0.2) is 72.4 Å². The third kappa shape index (κ3) is 10.4. The lowest BCUT2D eigenvalue weighted by molar-refractivity contribution is -0.138. The van der Waals surface area contributed by atoms with Gasteiger partial charge < -0.3 is 15.5 Å². The molecule has 0 radical (unpaired) electrons. The Bertz CT molecular complexity index is 1170. The van der Waals surface area contributed by atoms with Crippen molar-refractivity contribution in [1.82, 2.24) is 15.2 Å². The number of amides is 3. The predicted molar refractivity (Wildman–Crippen MR) is 157 cm³/mol. The molecule has 2 aromatic carbocycles. The molecule has 39 heavy (non-hydrogen) atoms. The summed E-state index contributed by atoms with van der Waals surface area (Å²) in [7, 11) is 0. The van der Waals surface area contributed by atoms with Gasteiger partial charge in [-0.3, -0.25) is 14.4 Å². The number of carbonyl (C=O) groups is 3. The number of piperidine rings is 1. The molecular weight excluding hydrogens is 537 g/mol. The Balaban J connectivity index is 0.000000320. The Kier molecular flexibility index (Phi) is 11.8. The number of allylic oxidation sites excluding steroid dienone is 1. The maximum absolute atomic E-state index is 12.6. The second kappa shape index (κ2) is 15.3. The number of halogens is 2. The van der Waals surface area contributed by atoms with Crippen LogP contribution in [-0.4, -0.2) is 59.1 Å². The Labute approximate surface area is 240 Å². The fraction of sp³-hybridized carbons (Fsp3) is 0.379. The van der Waals surface area contributed by atoms with Gasteiger partial charge in [-0.05, 0) is 56.0 Å². The largest absolute Gasteiger partial charge is 0.352 e. The first kappa shape index (κ1) is 30.2. The summed E-state index contributed by atoms with van der Waals surface area (Å²) in [6.45, 7) is 6.06. The van der Waals surface area contributed by atoms with Crippen LogP contribution in [0, 0.1) is 5.92 Å². The van der Waals surface area contributed by atoms with Crippen molar-refractivity contribution in [2.75, 3.05) is 25.0 Å². The molecule has 3 amide bonds. The van der Waals surface area contributed by atoms with E-state index in [0.717, 1.165) is 30.1 Å². The Hall–Kier alpha value is -3.36. The Morgan fingerprint density at radius 3 is 2.36 bits per heavy atom. The van der Waals surface area contributed by atoms with Crippen LogP contribution in [0.2, 0.25) is 10.0 Å². The van der Waals surface area contributed by atoms with Crippen molar-refractivity contribution in [3.05, 3.63) is 77.3 Å². The highest BCUT2D eigenvalue weighted by Crippen LogP contribution is 2.24. The molecular formula is C29H35Cl2N5O3. The summed E-state index contributed by atoms with van der Waals surface area (Å²) in [6, 6.07) is 16.7. The van der Waals surface area contributed by atoms with Gasteiger partial charge in [0.05, 0.1) is 5.92 Å². The quantitative estimate of drug-likeness (QED) is 0.457. The monoisotopic (exact) mass is 571 g/mol. The SMILES string of the molecule is C=CCC.Clc1ccccc1.O=C(CN1N=C2CCC(C(=O)Nc3cccc(Cl)c3)CN2CC1=O)NC1CC1. The second-order valence-corrected chi connectivity index (χ2v) is 10.3. The van der Waals surface area contributed by atoms with E-state index in [0.29, 0.717) is 30.1 Å². The van der Waals surface area contributed by atoms with Gasteiger partial charge in [-0.25, -0.2) is 5.01 Å². The van der Waals surface area contributed by atoms with Crippen LogP contribution >= 0.6 is 23.2 Å². The lowest BCUT2D eigenvalue weighted by Gasteiger charge is -2.38. The van der Waals surface area contributed by atoms with E-state index in [2.05, 4.69) is 29.2 Å². The molecule has 2 heterocycles. The summed E-state index contributed by atoms with van der Waals surface area (Å²) in [5, 5.41) is 12.7. The van der Waals surface area contributed by atoms with Crippen molar-refractivity contribution in [2.24, 2.45) is 11.0 Å². The summed E-state index contributed by atoms with van der Waals surface area (Å²) in [4.78, 5) is 38.7. The number of fused-ring (bicyclic) bond motifs is 1. The molecule has 5 rings (SSSR count). The van der Waals surface area contributed by atoms with Crippen LogP contribution in [0.5, 0.6) is 0 Å². The van der Waals surface area contributed by atoms with E-state index in [9.17, 15) is 14.4 Å². The molecule has 208 valence electrons. The van der Waals surface area contributed by atoms with Crippen LogP contribution in [0.3, 0.4) is 0 Å². The Morgan fingerprint density at radius 1 is 1.08 bits per heavy atom.